The minimum atomic E-state index is -3.97. The molecule has 0 bridgehead atoms. The second-order valence-corrected chi connectivity index (χ2v) is 11.1. The van der Waals surface area contributed by atoms with Crippen molar-refractivity contribution in [1.29, 1.82) is 0 Å². The number of hydrogen-bond acceptors (Lipinski definition) is 8. The first-order chi connectivity index (χ1) is 14.9. The fourth-order valence-corrected chi connectivity index (χ4v) is 7.24. The molecule has 32 heavy (non-hydrogen) atoms. The number of hydroxylamine groups is 1. The van der Waals surface area contributed by atoms with Crippen LogP contribution in [0.5, 0.6) is 0 Å². The van der Waals surface area contributed by atoms with Crippen LogP contribution in [0.1, 0.15) is 17.7 Å². The van der Waals surface area contributed by atoms with Gasteiger partial charge in [-0.3, -0.25) is 10.0 Å². The lowest BCUT2D eigenvalue weighted by molar-refractivity contribution is -0.134. The van der Waals surface area contributed by atoms with Crippen LogP contribution in [-0.2, 0) is 19.6 Å². The van der Waals surface area contributed by atoms with Crippen molar-refractivity contribution in [1.82, 2.24) is 14.8 Å². The highest BCUT2D eigenvalue weighted by atomic mass is 35.5. The Hall–Kier alpha value is -1.76. The fourth-order valence-electron chi connectivity index (χ4n) is 4.15. The zero-order chi connectivity index (χ0) is 22.1. The summed E-state index contributed by atoms with van der Waals surface area (Å²) >= 11 is 1.59. The Morgan fingerprint density at radius 3 is 2.38 bits per heavy atom. The molecule has 0 unspecified atom stereocenters. The predicted octanol–water partition coefficient (Wildman–Crippen LogP) is 2.05. The number of sulfonamides is 1. The molecule has 176 valence electrons. The van der Waals surface area contributed by atoms with Crippen molar-refractivity contribution >= 4 is 44.8 Å². The molecular weight excluding hydrogens is 476 g/mol. The van der Waals surface area contributed by atoms with Gasteiger partial charge in [-0.05, 0) is 6.92 Å². The summed E-state index contributed by atoms with van der Waals surface area (Å²) in [7, 11) is -3.97. The summed E-state index contributed by atoms with van der Waals surface area (Å²) in [5, 5.41) is 10.1. The molecule has 2 aliphatic heterocycles. The largest absolute Gasteiger partial charge is 0.381 e. The number of piperazine rings is 1. The van der Waals surface area contributed by atoms with Crippen LogP contribution in [0.15, 0.2) is 30.3 Å². The minimum absolute atomic E-state index is 0. The van der Waals surface area contributed by atoms with E-state index in [0.717, 1.165) is 21.3 Å². The molecular formula is C20H27ClN4O5S2. The van der Waals surface area contributed by atoms with Gasteiger partial charge in [0.2, 0.25) is 10.0 Å². The SMILES string of the molecule is Cc1sc(N2CCN(S(=O)(=O)C3(C(=O)NO)CCOCC3)CC2)nc1-c1ccccc1.Cl. The molecule has 0 radical (unpaired) electrons. The first-order valence-corrected chi connectivity index (χ1v) is 12.4. The summed E-state index contributed by atoms with van der Waals surface area (Å²) in [5.41, 5.74) is 3.56. The Morgan fingerprint density at radius 1 is 1.16 bits per heavy atom. The Kier molecular flexibility index (Phi) is 7.79. The van der Waals surface area contributed by atoms with Crippen molar-refractivity contribution in [2.45, 2.75) is 24.5 Å². The Balaban J connectivity index is 0.00000289. The van der Waals surface area contributed by atoms with Gasteiger partial charge in [0.05, 0.1) is 5.69 Å². The summed E-state index contributed by atoms with van der Waals surface area (Å²) in [6, 6.07) is 9.97. The number of aryl methyl sites for hydroxylation is 1. The van der Waals surface area contributed by atoms with Crippen LogP contribution in [0.4, 0.5) is 5.13 Å². The topological polar surface area (TPSA) is 112 Å². The van der Waals surface area contributed by atoms with Crippen molar-refractivity contribution in [3.63, 3.8) is 0 Å². The summed E-state index contributed by atoms with van der Waals surface area (Å²) in [6.07, 6.45) is 0.0438. The second-order valence-electron chi connectivity index (χ2n) is 7.71. The third kappa shape index (κ3) is 4.37. The van der Waals surface area contributed by atoms with E-state index in [-0.39, 0.29) is 51.6 Å². The van der Waals surface area contributed by atoms with Crippen LogP contribution < -0.4 is 10.4 Å². The number of benzene rings is 1. The van der Waals surface area contributed by atoms with E-state index in [4.69, 9.17) is 9.72 Å². The minimum Gasteiger partial charge on any atom is -0.381 e. The maximum atomic E-state index is 13.4. The highest BCUT2D eigenvalue weighted by molar-refractivity contribution is 7.91. The Morgan fingerprint density at radius 2 is 1.78 bits per heavy atom. The lowest BCUT2D eigenvalue weighted by Gasteiger charge is -2.41. The molecule has 12 heteroatoms. The molecule has 2 saturated heterocycles. The molecule has 0 atom stereocenters. The van der Waals surface area contributed by atoms with Crippen LogP contribution in [0.2, 0.25) is 0 Å². The molecule has 1 aromatic carbocycles. The van der Waals surface area contributed by atoms with E-state index in [1.807, 2.05) is 37.3 Å². The molecule has 0 spiro atoms. The lowest BCUT2D eigenvalue weighted by atomic mass is 9.98. The number of carbonyl (C=O) groups is 1. The van der Waals surface area contributed by atoms with Crippen molar-refractivity contribution in [2.75, 3.05) is 44.3 Å². The molecule has 0 aliphatic carbocycles. The van der Waals surface area contributed by atoms with E-state index < -0.39 is 20.7 Å². The van der Waals surface area contributed by atoms with Gasteiger partial charge in [0.25, 0.3) is 5.91 Å². The standard InChI is InChI=1S/C20H26N4O5S2.ClH/c1-15-17(16-5-3-2-4-6-16)21-19(30-15)23-9-11-24(12-10-23)31(27,28)20(18(25)22-26)7-13-29-14-8-20;/h2-6,26H,7-14H2,1H3,(H,22,25);1H. The fraction of sp³-hybridized carbons (Fsp3) is 0.500. The van der Waals surface area contributed by atoms with Gasteiger partial charge in [-0.2, -0.15) is 4.31 Å². The van der Waals surface area contributed by atoms with Crippen molar-refractivity contribution in [3.05, 3.63) is 35.2 Å². The highest BCUT2D eigenvalue weighted by Crippen LogP contribution is 2.35. The summed E-state index contributed by atoms with van der Waals surface area (Å²) in [6.45, 7) is 3.82. The molecule has 2 aromatic rings. The van der Waals surface area contributed by atoms with Gasteiger partial charge in [-0.1, -0.05) is 30.3 Å². The number of nitrogens with one attached hydrogen (secondary N) is 1. The van der Waals surface area contributed by atoms with E-state index in [1.54, 1.807) is 16.8 Å². The number of nitrogens with zero attached hydrogens (tertiary/aromatic N) is 3. The molecule has 2 N–H and O–H groups in total. The van der Waals surface area contributed by atoms with E-state index in [9.17, 15) is 18.4 Å². The Labute approximate surface area is 197 Å². The van der Waals surface area contributed by atoms with Gasteiger partial charge in [-0.25, -0.2) is 18.9 Å². The molecule has 3 heterocycles. The Bertz CT molecular complexity index is 1030. The molecule has 9 nitrogen and oxygen atoms in total. The zero-order valence-electron chi connectivity index (χ0n) is 17.7. The molecule has 0 saturated carbocycles. The van der Waals surface area contributed by atoms with E-state index in [1.165, 1.54) is 4.31 Å². The van der Waals surface area contributed by atoms with E-state index >= 15 is 0 Å². The monoisotopic (exact) mass is 502 g/mol. The third-order valence-corrected chi connectivity index (χ3v) is 9.65. The maximum absolute atomic E-state index is 13.4. The molecule has 2 aliphatic rings. The van der Waals surface area contributed by atoms with Gasteiger partial charge in [0.1, 0.15) is 0 Å². The number of carbonyl (C=O) groups excluding carboxylic acids is 1. The van der Waals surface area contributed by atoms with Crippen LogP contribution >= 0.6 is 23.7 Å². The molecule has 1 aromatic heterocycles. The van der Waals surface area contributed by atoms with Gasteiger partial charge < -0.3 is 9.64 Å². The number of thiazole rings is 1. The molecule has 4 rings (SSSR count). The number of halogens is 1. The lowest BCUT2D eigenvalue weighted by Crippen LogP contribution is -2.62. The molecule has 1 amide bonds. The van der Waals surface area contributed by atoms with E-state index in [0.29, 0.717) is 13.1 Å². The van der Waals surface area contributed by atoms with Gasteiger partial charge in [0, 0.05) is 62.7 Å². The van der Waals surface area contributed by atoms with Crippen LogP contribution in [0.25, 0.3) is 11.3 Å². The maximum Gasteiger partial charge on any atom is 0.266 e. The zero-order valence-corrected chi connectivity index (χ0v) is 20.1. The van der Waals surface area contributed by atoms with Crippen LogP contribution in [0, 0.1) is 6.92 Å². The second kappa shape index (κ2) is 10.0. The molecule has 2 fully saturated rings. The normalized spacial score (nSPS) is 19.2. The van der Waals surface area contributed by atoms with Crippen molar-refractivity contribution < 1.29 is 23.2 Å². The number of hydrogen-bond donors (Lipinski definition) is 2. The first kappa shape index (κ1) is 24.9. The summed E-state index contributed by atoms with van der Waals surface area (Å²) in [4.78, 5) is 20.4. The number of amides is 1. The van der Waals surface area contributed by atoms with Crippen LogP contribution in [-0.4, -0.2) is 73.0 Å². The third-order valence-electron chi connectivity index (χ3n) is 5.99. The summed E-state index contributed by atoms with van der Waals surface area (Å²) < 4.78 is 31.8. The first-order valence-electron chi connectivity index (χ1n) is 10.2. The van der Waals surface area contributed by atoms with Gasteiger partial charge in [-0.15, -0.1) is 23.7 Å². The van der Waals surface area contributed by atoms with Crippen LogP contribution in [0.3, 0.4) is 0 Å². The van der Waals surface area contributed by atoms with E-state index in [2.05, 4.69) is 4.90 Å². The number of ether oxygens (including phenoxy) is 1. The smallest absolute Gasteiger partial charge is 0.266 e. The quantitative estimate of drug-likeness (QED) is 0.475. The number of aromatic nitrogens is 1. The van der Waals surface area contributed by atoms with Crippen molar-refractivity contribution in [2.24, 2.45) is 0 Å². The average molecular weight is 503 g/mol. The number of rotatable bonds is 5. The van der Waals surface area contributed by atoms with Gasteiger partial charge in [0.15, 0.2) is 9.88 Å². The van der Waals surface area contributed by atoms with Gasteiger partial charge >= 0.3 is 0 Å². The number of anilines is 1. The average Bonchev–Trinajstić information content (AvgIpc) is 3.21. The van der Waals surface area contributed by atoms with Crippen molar-refractivity contribution in [3.8, 4) is 11.3 Å². The highest BCUT2D eigenvalue weighted by Gasteiger charge is 2.54. The predicted molar refractivity (Wildman–Crippen MR) is 125 cm³/mol. The summed E-state index contributed by atoms with van der Waals surface area (Å²) in [5.74, 6) is -0.888.